The van der Waals surface area contributed by atoms with Gasteiger partial charge in [0.1, 0.15) is 5.75 Å². The fourth-order valence-electron chi connectivity index (χ4n) is 1.000. The van der Waals surface area contributed by atoms with Gasteiger partial charge in [-0.1, -0.05) is 0 Å². The number of hydrogen-bond acceptors (Lipinski definition) is 3. The Morgan fingerprint density at radius 2 is 1.58 bits per heavy atom. The summed E-state index contributed by atoms with van der Waals surface area (Å²) in [6.45, 7) is 0.637. The third kappa shape index (κ3) is 1.60. The monoisotopic (exact) mass is 170 g/mol. The van der Waals surface area contributed by atoms with Gasteiger partial charge in [-0.2, -0.15) is 0 Å². The van der Waals surface area contributed by atoms with Crippen molar-refractivity contribution < 1.29 is 21.1 Å². The maximum absolute atomic E-state index is 9.25. The smallest absolute Gasteiger partial charge is 0.161 e. The van der Waals surface area contributed by atoms with E-state index in [4.69, 9.17) is 10.2 Å². The summed E-state index contributed by atoms with van der Waals surface area (Å²) in [6.07, 6.45) is 0.583. The Bertz CT molecular complexity index is 286. The van der Waals surface area contributed by atoms with Crippen LogP contribution in [0.25, 0.3) is 0 Å². The zero-order valence-corrected chi connectivity index (χ0v) is 6.62. The van der Waals surface area contributed by atoms with Crippen molar-refractivity contribution in [2.24, 2.45) is 0 Å². The van der Waals surface area contributed by atoms with Crippen LogP contribution in [0.1, 0.15) is 5.56 Å². The summed E-state index contributed by atoms with van der Waals surface area (Å²) in [5.41, 5.74) is 4.22. The maximum Gasteiger partial charge on any atom is 0.161 e. The second-order valence-electron chi connectivity index (χ2n) is 2.57. The van der Waals surface area contributed by atoms with E-state index < -0.39 is 0 Å². The van der Waals surface area contributed by atoms with E-state index in [9.17, 15) is 5.11 Å². The molecule has 66 valence electrons. The average Bonchev–Trinajstić information content (AvgIpc) is 2.01. The minimum atomic E-state index is -0.305. The minimum absolute atomic E-state index is 0.00560. The van der Waals surface area contributed by atoms with Crippen molar-refractivity contribution in [2.45, 2.75) is 6.42 Å². The van der Waals surface area contributed by atoms with Gasteiger partial charge >= 0.3 is 0 Å². The van der Waals surface area contributed by atoms with Gasteiger partial charge in [-0.05, 0) is 6.07 Å². The molecule has 4 heteroatoms. The Labute approximate surface area is 69.9 Å². The number of phenols is 3. The first kappa shape index (κ1) is 8.67. The molecule has 0 fully saturated rings. The van der Waals surface area contributed by atoms with Gasteiger partial charge in [-0.15, -0.1) is 0 Å². The lowest BCUT2D eigenvalue weighted by atomic mass is 10.1. The number of hydrogen-bond donors (Lipinski definition) is 4. The molecule has 0 spiro atoms. The summed E-state index contributed by atoms with van der Waals surface area (Å²) in [6, 6.07) is 2.47. The number of aromatic hydroxyl groups is 3. The zero-order valence-electron chi connectivity index (χ0n) is 6.62. The number of rotatable bonds is 2. The molecule has 0 aliphatic heterocycles. The Morgan fingerprint density at radius 1 is 1.00 bits per heavy atom. The summed E-state index contributed by atoms with van der Waals surface area (Å²) < 4.78 is 0. The molecule has 1 aromatic rings. The Kier molecular flexibility index (Phi) is 2.40. The predicted octanol–water partition coefficient (Wildman–Crippen LogP) is -0.412. The van der Waals surface area contributed by atoms with Gasteiger partial charge in [0.2, 0.25) is 0 Å². The van der Waals surface area contributed by atoms with Crippen LogP contribution in [-0.4, -0.2) is 21.9 Å². The lowest BCUT2D eigenvalue weighted by Crippen LogP contribution is -2.51. The van der Waals surface area contributed by atoms with Crippen molar-refractivity contribution in [2.75, 3.05) is 6.54 Å². The first-order valence-corrected chi connectivity index (χ1v) is 3.68. The second-order valence-corrected chi connectivity index (χ2v) is 2.57. The van der Waals surface area contributed by atoms with Gasteiger partial charge in [0.15, 0.2) is 11.5 Å². The summed E-state index contributed by atoms with van der Waals surface area (Å²) >= 11 is 0. The van der Waals surface area contributed by atoms with Crippen molar-refractivity contribution in [3.05, 3.63) is 17.7 Å². The van der Waals surface area contributed by atoms with Gasteiger partial charge in [0.05, 0.1) is 6.54 Å². The predicted molar refractivity (Wildman–Crippen MR) is 42.9 cm³/mol. The number of phenolic OH excluding ortho intramolecular Hbond substituents is 3. The van der Waals surface area contributed by atoms with Crippen LogP contribution in [-0.2, 0) is 6.42 Å². The summed E-state index contributed by atoms with van der Waals surface area (Å²) in [5, 5.41) is 27.3. The number of quaternary nitrogens is 1. The van der Waals surface area contributed by atoms with Crippen LogP contribution in [0.2, 0.25) is 0 Å². The maximum atomic E-state index is 9.25. The first-order chi connectivity index (χ1) is 5.65. The molecule has 0 heterocycles. The third-order valence-corrected chi connectivity index (χ3v) is 1.62. The molecule has 0 aliphatic carbocycles. The highest BCUT2D eigenvalue weighted by Gasteiger charge is 2.06. The van der Waals surface area contributed by atoms with E-state index in [1.807, 2.05) is 0 Å². The zero-order chi connectivity index (χ0) is 9.14. The lowest BCUT2D eigenvalue weighted by molar-refractivity contribution is -0.366. The quantitative estimate of drug-likeness (QED) is 0.359. The third-order valence-electron chi connectivity index (χ3n) is 1.62. The molecule has 12 heavy (non-hydrogen) atoms. The fraction of sp³-hybridized carbons (Fsp3) is 0.250. The van der Waals surface area contributed by atoms with Gasteiger partial charge in [0.25, 0.3) is 0 Å². The molecule has 4 nitrogen and oxygen atoms in total. The van der Waals surface area contributed by atoms with Gasteiger partial charge in [0, 0.05) is 18.1 Å². The fourth-order valence-corrected chi connectivity index (χ4v) is 1.000. The van der Waals surface area contributed by atoms with Crippen LogP contribution in [0.3, 0.4) is 0 Å². The molecule has 0 aliphatic rings. The van der Waals surface area contributed by atoms with Crippen molar-refractivity contribution >= 4 is 0 Å². The Hall–Kier alpha value is -1.42. The topological polar surface area (TPSA) is 88.3 Å². The molecule has 1 aromatic carbocycles. The van der Waals surface area contributed by atoms with Crippen molar-refractivity contribution in [3.8, 4) is 17.2 Å². The van der Waals surface area contributed by atoms with Crippen molar-refractivity contribution in [1.29, 1.82) is 0 Å². The van der Waals surface area contributed by atoms with Gasteiger partial charge in [-0.25, -0.2) is 0 Å². The van der Waals surface area contributed by atoms with Crippen LogP contribution in [0, 0.1) is 0 Å². The standard InChI is InChI=1S/C8H11NO3/c9-2-1-5-3-7(11)8(12)4-6(5)10/h3-4,10-12H,1-2,9H2/p+1. The van der Waals surface area contributed by atoms with Gasteiger partial charge in [-0.3, -0.25) is 0 Å². The number of benzene rings is 1. The largest absolute Gasteiger partial charge is 0.508 e. The molecule has 0 amide bonds. The first-order valence-electron chi connectivity index (χ1n) is 3.68. The molecule has 0 unspecified atom stereocenters. The van der Waals surface area contributed by atoms with E-state index in [2.05, 4.69) is 5.73 Å². The minimum Gasteiger partial charge on any atom is -0.508 e. The Balaban J connectivity index is 3.05. The molecule has 0 saturated heterocycles. The van der Waals surface area contributed by atoms with Crippen LogP contribution in [0.5, 0.6) is 17.2 Å². The van der Waals surface area contributed by atoms with Crippen molar-refractivity contribution in [1.82, 2.24) is 0 Å². The highest BCUT2D eigenvalue weighted by molar-refractivity contribution is 5.48. The van der Waals surface area contributed by atoms with Crippen LogP contribution < -0.4 is 5.73 Å². The molecule has 0 radical (unpaired) electrons. The summed E-state index contributed by atoms with van der Waals surface area (Å²) in [4.78, 5) is 0. The molecule has 1 rings (SSSR count). The molecule has 6 N–H and O–H groups in total. The molecule has 0 saturated carbocycles. The van der Waals surface area contributed by atoms with E-state index in [0.717, 1.165) is 6.07 Å². The second kappa shape index (κ2) is 3.32. The van der Waals surface area contributed by atoms with E-state index in [-0.39, 0.29) is 17.2 Å². The Morgan fingerprint density at radius 3 is 2.17 bits per heavy atom. The summed E-state index contributed by atoms with van der Waals surface area (Å²) in [5.74, 6) is -0.523. The average molecular weight is 170 g/mol. The molecule has 0 bridgehead atoms. The molecular weight excluding hydrogens is 158 g/mol. The molecule has 0 aromatic heterocycles. The summed E-state index contributed by atoms with van der Waals surface area (Å²) in [7, 11) is 0. The molecule has 0 atom stereocenters. The van der Waals surface area contributed by atoms with E-state index in [1.165, 1.54) is 6.07 Å². The van der Waals surface area contributed by atoms with Crippen LogP contribution in [0.4, 0.5) is 0 Å². The lowest BCUT2D eigenvalue weighted by Gasteiger charge is -2.03. The normalized spacial score (nSPS) is 10.1. The highest BCUT2D eigenvalue weighted by atomic mass is 16.3. The van der Waals surface area contributed by atoms with E-state index in [0.29, 0.717) is 18.5 Å². The van der Waals surface area contributed by atoms with E-state index in [1.54, 1.807) is 0 Å². The van der Waals surface area contributed by atoms with E-state index >= 15 is 0 Å². The highest BCUT2D eigenvalue weighted by Crippen LogP contribution is 2.31. The van der Waals surface area contributed by atoms with Crippen LogP contribution >= 0.6 is 0 Å². The van der Waals surface area contributed by atoms with Crippen LogP contribution in [0.15, 0.2) is 12.1 Å². The van der Waals surface area contributed by atoms with Crippen molar-refractivity contribution in [3.63, 3.8) is 0 Å². The SMILES string of the molecule is [NH3+]CCc1cc(O)c(O)cc1O. The molecular formula is C8H12NO3+. The van der Waals surface area contributed by atoms with Gasteiger partial charge < -0.3 is 21.1 Å².